The maximum absolute atomic E-state index is 12.8. The number of carbonyl (C=O) groups is 1. The van der Waals surface area contributed by atoms with E-state index in [1.807, 2.05) is 39.8 Å². The fourth-order valence-electron chi connectivity index (χ4n) is 5.11. The van der Waals surface area contributed by atoms with Crippen LogP contribution in [0.2, 0.25) is 0 Å². The van der Waals surface area contributed by atoms with Crippen LogP contribution in [0.25, 0.3) is 0 Å². The fourth-order valence-corrected chi connectivity index (χ4v) is 5.11. The molecule has 0 aliphatic carbocycles. The Labute approximate surface area is 264 Å². The summed E-state index contributed by atoms with van der Waals surface area (Å²) >= 11 is 0. The van der Waals surface area contributed by atoms with Crippen LogP contribution in [0, 0.1) is 0 Å². The summed E-state index contributed by atoms with van der Waals surface area (Å²) in [6.07, 6.45) is 18.1. The Bertz CT molecular complexity index is 658. The number of nitrogens with one attached hydrogen (secondary N) is 1. The van der Waals surface area contributed by atoms with Crippen LogP contribution in [0.5, 0.6) is 0 Å². The molecule has 0 aromatic heterocycles. The molecule has 43 heavy (non-hydrogen) atoms. The minimum absolute atomic E-state index is 0.0498. The molecule has 0 saturated carbocycles. The largest absolute Gasteiger partial charge is 0.394 e. The maximum Gasteiger partial charge on any atom is 0.224 e. The van der Waals surface area contributed by atoms with Gasteiger partial charge in [-0.15, -0.1) is 0 Å². The molecule has 5 atom stereocenters. The summed E-state index contributed by atoms with van der Waals surface area (Å²) in [7, 11) is 0. The third-order valence-corrected chi connectivity index (χ3v) is 7.47. The van der Waals surface area contributed by atoms with Gasteiger partial charge in [0.1, 0.15) is 18.3 Å². The third-order valence-electron chi connectivity index (χ3n) is 7.47. The van der Waals surface area contributed by atoms with E-state index in [4.69, 9.17) is 14.2 Å². The second kappa shape index (κ2) is 28.4. The van der Waals surface area contributed by atoms with Gasteiger partial charge in [0.15, 0.2) is 0 Å². The van der Waals surface area contributed by atoms with Crippen molar-refractivity contribution in [2.24, 2.45) is 0 Å². The number of rotatable bonds is 30. The summed E-state index contributed by atoms with van der Waals surface area (Å²) < 4.78 is 17.6. The highest BCUT2D eigenvalue weighted by Gasteiger charge is 2.32. The number of unbranched alkanes of at least 4 members (excludes halogenated alkanes) is 12. The maximum atomic E-state index is 12.8. The van der Waals surface area contributed by atoms with Gasteiger partial charge in [0.2, 0.25) is 5.91 Å². The molecule has 0 aliphatic rings. The molecule has 8 nitrogen and oxygen atoms in total. The highest BCUT2D eigenvalue weighted by atomic mass is 16.5. The van der Waals surface area contributed by atoms with Crippen LogP contribution in [-0.2, 0) is 19.0 Å². The van der Waals surface area contributed by atoms with Crippen LogP contribution in [0.15, 0.2) is 12.2 Å². The molecule has 0 unspecified atom stereocenters. The molecule has 0 saturated heterocycles. The lowest BCUT2D eigenvalue weighted by atomic mass is 9.98. The van der Waals surface area contributed by atoms with Gasteiger partial charge >= 0.3 is 0 Å². The molecule has 0 fully saturated rings. The van der Waals surface area contributed by atoms with Gasteiger partial charge in [0.25, 0.3) is 0 Å². The number of allylic oxidation sites excluding steroid dienone is 1. The highest BCUT2D eigenvalue weighted by molar-refractivity contribution is 5.77. The molecular weight excluding hydrogens is 546 g/mol. The molecule has 0 heterocycles. The van der Waals surface area contributed by atoms with Gasteiger partial charge in [0, 0.05) is 6.42 Å². The Morgan fingerprint density at radius 2 is 1.28 bits per heavy atom. The summed E-state index contributed by atoms with van der Waals surface area (Å²) in [6.45, 7) is 11.5. The molecular formula is C35H69NO7. The van der Waals surface area contributed by atoms with Crippen molar-refractivity contribution in [2.75, 3.05) is 19.8 Å². The summed E-state index contributed by atoms with van der Waals surface area (Å²) in [6, 6.07) is -0.604. The second-order valence-corrected chi connectivity index (χ2v) is 12.5. The molecule has 0 rings (SSSR count). The van der Waals surface area contributed by atoms with E-state index in [1.165, 1.54) is 57.8 Å². The molecule has 0 radical (unpaired) electrons. The summed E-state index contributed by atoms with van der Waals surface area (Å²) in [5, 5.41) is 34.4. The van der Waals surface area contributed by atoms with Crippen LogP contribution in [0.4, 0.5) is 0 Å². The van der Waals surface area contributed by atoms with Gasteiger partial charge in [-0.05, 0) is 40.5 Å². The van der Waals surface area contributed by atoms with Crippen LogP contribution < -0.4 is 5.32 Å². The number of hydrogen-bond donors (Lipinski definition) is 4. The lowest BCUT2D eigenvalue weighted by Gasteiger charge is -2.33. The normalized spacial score (nSPS) is 15.7. The number of hydrogen-bond acceptors (Lipinski definition) is 7. The lowest BCUT2D eigenvalue weighted by molar-refractivity contribution is -0.133. The fraction of sp³-hybridized carbons (Fsp3) is 0.914. The van der Waals surface area contributed by atoms with Gasteiger partial charge in [-0.1, -0.05) is 109 Å². The zero-order chi connectivity index (χ0) is 32.3. The average molecular weight is 616 g/mol. The first-order chi connectivity index (χ1) is 20.7. The first-order valence-corrected chi connectivity index (χ1v) is 17.5. The molecule has 0 aliphatic heterocycles. The zero-order valence-electron chi connectivity index (χ0n) is 28.6. The number of aliphatic hydroxyl groups is 3. The van der Waals surface area contributed by atoms with Gasteiger partial charge in [0.05, 0.1) is 44.2 Å². The van der Waals surface area contributed by atoms with Gasteiger partial charge in [-0.2, -0.15) is 0 Å². The Balaban J connectivity index is 5.01. The van der Waals surface area contributed by atoms with E-state index in [9.17, 15) is 20.1 Å². The van der Waals surface area contributed by atoms with Crippen molar-refractivity contribution in [3.63, 3.8) is 0 Å². The van der Waals surface area contributed by atoms with E-state index >= 15 is 0 Å². The van der Waals surface area contributed by atoms with Crippen molar-refractivity contribution in [2.45, 2.75) is 187 Å². The monoisotopic (exact) mass is 616 g/mol. The molecule has 4 N–H and O–H groups in total. The Hall–Kier alpha value is -1.03. The number of aliphatic hydroxyl groups excluding tert-OH is 3. The van der Waals surface area contributed by atoms with Crippen molar-refractivity contribution >= 4 is 5.91 Å². The summed E-state index contributed by atoms with van der Waals surface area (Å²) in [4.78, 5) is 12.8. The van der Waals surface area contributed by atoms with Crippen molar-refractivity contribution in [3.05, 3.63) is 12.2 Å². The second-order valence-electron chi connectivity index (χ2n) is 12.5. The zero-order valence-corrected chi connectivity index (χ0v) is 28.6. The number of ether oxygens (including phenoxy) is 3. The average Bonchev–Trinajstić information content (AvgIpc) is 2.96. The Morgan fingerprint density at radius 1 is 0.721 bits per heavy atom. The first kappa shape index (κ1) is 42.0. The van der Waals surface area contributed by atoms with E-state index in [-0.39, 0.29) is 44.4 Å². The van der Waals surface area contributed by atoms with Crippen molar-refractivity contribution in [3.8, 4) is 0 Å². The molecule has 256 valence electrons. The standard InChI is InChI=1S/C35H69NO7/c1-7-9-11-13-14-15-16-17-18-19-20-21-23-31(38)35(43-29(5)6)30(36-34(40)24-22-12-10-8-2)26-41-27-32(39)33(25-37)42-28(3)4/h12,22,28-33,35,37-39H,7-11,13-21,23-27H2,1-6H3,(H,36,40)/t30-,31-,32-,33-,35-/m0/s1. The smallest absolute Gasteiger partial charge is 0.224 e. The van der Waals surface area contributed by atoms with E-state index < -0.39 is 30.5 Å². The quantitative estimate of drug-likeness (QED) is 0.0529. The number of carbonyl (C=O) groups excluding carboxylic acids is 1. The predicted molar refractivity (Wildman–Crippen MR) is 176 cm³/mol. The van der Waals surface area contributed by atoms with Crippen molar-refractivity contribution in [1.29, 1.82) is 0 Å². The van der Waals surface area contributed by atoms with E-state index in [0.29, 0.717) is 6.42 Å². The minimum Gasteiger partial charge on any atom is -0.394 e. The van der Waals surface area contributed by atoms with Crippen LogP contribution in [0.3, 0.4) is 0 Å². The van der Waals surface area contributed by atoms with Gasteiger partial charge < -0.3 is 34.8 Å². The van der Waals surface area contributed by atoms with Crippen molar-refractivity contribution < 1.29 is 34.3 Å². The van der Waals surface area contributed by atoms with Crippen LogP contribution in [-0.4, -0.2) is 83.7 Å². The topological polar surface area (TPSA) is 117 Å². The van der Waals surface area contributed by atoms with Gasteiger partial charge in [-0.3, -0.25) is 4.79 Å². The molecule has 1 amide bonds. The minimum atomic E-state index is -1.03. The third kappa shape index (κ3) is 23.9. The molecule has 0 bridgehead atoms. The molecule has 0 spiro atoms. The van der Waals surface area contributed by atoms with Gasteiger partial charge in [-0.25, -0.2) is 0 Å². The molecule has 0 aromatic carbocycles. The number of amides is 1. The summed E-state index contributed by atoms with van der Waals surface area (Å²) in [5.41, 5.74) is 0. The lowest BCUT2D eigenvalue weighted by Crippen LogP contribution is -2.53. The SMILES string of the molecule is CCCC=CCC(=O)N[C@@H](COC[C@H](O)[C@H](CO)OC(C)C)[C@H](OC(C)C)[C@@H](O)CCCCCCCCCCCCCC. The first-order valence-electron chi connectivity index (χ1n) is 17.5. The van der Waals surface area contributed by atoms with E-state index in [1.54, 1.807) is 0 Å². The molecule has 8 heteroatoms. The van der Waals surface area contributed by atoms with Crippen LogP contribution >= 0.6 is 0 Å². The van der Waals surface area contributed by atoms with Crippen LogP contribution in [0.1, 0.15) is 144 Å². The Morgan fingerprint density at radius 3 is 1.79 bits per heavy atom. The predicted octanol–water partition coefficient (Wildman–Crippen LogP) is 6.63. The highest BCUT2D eigenvalue weighted by Crippen LogP contribution is 2.18. The van der Waals surface area contributed by atoms with E-state index in [0.717, 1.165) is 32.1 Å². The Kier molecular flexibility index (Phi) is 27.8. The van der Waals surface area contributed by atoms with Crippen molar-refractivity contribution in [1.82, 2.24) is 5.32 Å². The summed E-state index contributed by atoms with van der Waals surface area (Å²) in [5.74, 6) is -0.173. The molecule has 0 aromatic rings. The van der Waals surface area contributed by atoms with E-state index in [2.05, 4.69) is 19.2 Å².